The van der Waals surface area contributed by atoms with Crippen LogP contribution in [0.1, 0.15) is 19.3 Å². The maximum Gasteiger partial charge on any atom is 0.103 e. The Morgan fingerprint density at radius 2 is 1.88 bits per heavy atom. The number of methoxy groups -OCH3 is 1. The van der Waals surface area contributed by atoms with E-state index < -0.39 is 5.60 Å². The largest absolute Gasteiger partial charge is 0.386 e. The van der Waals surface area contributed by atoms with Gasteiger partial charge in [-0.2, -0.15) is 0 Å². The molecule has 0 aromatic carbocycles. The van der Waals surface area contributed by atoms with Gasteiger partial charge in [-0.25, -0.2) is 0 Å². The second-order valence-corrected chi connectivity index (χ2v) is 4.59. The minimum Gasteiger partial charge on any atom is -0.386 e. The predicted octanol–water partition coefficient (Wildman–Crippen LogP) is 0.156. The van der Waals surface area contributed by atoms with E-state index >= 15 is 0 Å². The summed E-state index contributed by atoms with van der Waals surface area (Å²) in [6.45, 7) is 3.04. The van der Waals surface area contributed by atoms with Crippen molar-refractivity contribution in [1.82, 2.24) is 0 Å². The van der Waals surface area contributed by atoms with E-state index in [1.54, 1.807) is 7.11 Å². The van der Waals surface area contributed by atoms with Gasteiger partial charge in [0, 0.05) is 26.9 Å². The standard InChI is InChI=1S/C12H25NO4/c1-15-5-2-6-16-7-8-17-10-12(14,9-13)11-3-4-11/h11,14H,2-10,13H2,1H3. The first-order valence-electron chi connectivity index (χ1n) is 6.30. The lowest BCUT2D eigenvalue weighted by atomic mass is 9.99. The lowest BCUT2D eigenvalue weighted by Crippen LogP contribution is -2.44. The summed E-state index contributed by atoms with van der Waals surface area (Å²) >= 11 is 0. The summed E-state index contributed by atoms with van der Waals surface area (Å²) in [5, 5.41) is 10.1. The maximum absolute atomic E-state index is 10.1. The van der Waals surface area contributed by atoms with Gasteiger partial charge < -0.3 is 25.1 Å². The van der Waals surface area contributed by atoms with Crippen molar-refractivity contribution in [2.24, 2.45) is 11.7 Å². The number of nitrogens with two attached hydrogens (primary N) is 1. The third kappa shape index (κ3) is 5.79. The fraction of sp³-hybridized carbons (Fsp3) is 1.00. The summed E-state index contributed by atoms with van der Waals surface area (Å²) < 4.78 is 15.7. The molecule has 1 aliphatic rings. The first-order valence-corrected chi connectivity index (χ1v) is 6.30. The van der Waals surface area contributed by atoms with Gasteiger partial charge in [-0.05, 0) is 25.2 Å². The van der Waals surface area contributed by atoms with Crippen LogP contribution in [0, 0.1) is 5.92 Å². The highest BCUT2D eigenvalue weighted by Crippen LogP contribution is 2.39. The Hall–Kier alpha value is -0.200. The molecular weight excluding hydrogens is 222 g/mol. The van der Waals surface area contributed by atoms with Crippen molar-refractivity contribution in [3.05, 3.63) is 0 Å². The highest BCUT2D eigenvalue weighted by molar-refractivity contribution is 4.95. The maximum atomic E-state index is 10.1. The third-order valence-electron chi connectivity index (χ3n) is 3.05. The molecule has 1 fully saturated rings. The zero-order valence-corrected chi connectivity index (χ0v) is 10.7. The average molecular weight is 247 g/mol. The van der Waals surface area contributed by atoms with Gasteiger partial charge in [0.1, 0.15) is 5.60 Å². The fourth-order valence-electron chi connectivity index (χ4n) is 1.74. The third-order valence-corrected chi connectivity index (χ3v) is 3.05. The Morgan fingerprint density at radius 1 is 1.18 bits per heavy atom. The molecule has 5 heteroatoms. The summed E-state index contributed by atoms with van der Waals surface area (Å²) in [4.78, 5) is 0. The molecule has 0 heterocycles. The molecule has 0 aliphatic heterocycles. The van der Waals surface area contributed by atoms with Crippen molar-refractivity contribution in [2.75, 3.05) is 46.7 Å². The van der Waals surface area contributed by atoms with Crippen LogP contribution in [-0.4, -0.2) is 57.4 Å². The van der Waals surface area contributed by atoms with Crippen LogP contribution in [0.15, 0.2) is 0 Å². The summed E-state index contributed by atoms with van der Waals surface area (Å²) in [6.07, 6.45) is 3.01. The minimum atomic E-state index is -0.823. The molecule has 1 aliphatic carbocycles. The van der Waals surface area contributed by atoms with Crippen molar-refractivity contribution in [1.29, 1.82) is 0 Å². The minimum absolute atomic E-state index is 0.270. The summed E-state index contributed by atoms with van der Waals surface area (Å²) in [7, 11) is 1.68. The number of hydrogen-bond donors (Lipinski definition) is 2. The van der Waals surface area contributed by atoms with Crippen LogP contribution >= 0.6 is 0 Å². The van der Waals surface area contributed by atoms with Gasteiger partial charge in [0.25, 0.3) is 0 Å². The molecule has 3 N–H and O–H groups in total. The summed E-state index contributed by atoms with van der Waals surface area (Å²) in [5.74, 6) is 0.329. The monoisotopic (exact) mass is 247 g/mol. The lowest BCUT2D eigenvalue weighted by molar-refractivity contribution is -0.0659. The van der Waals surface area contributed by atoms with Crippen LogP contribution in [0.3, 0.4) is 0 Å². The van der Waals surface area contributed by atoms with Gasteiger partial charge in [0.2, 0.25) is 0 Å². The van der Waals surface area contributed by atoms with E-state index in [2.05, 4.69) is 0 Å². The number of hydrogen-bond acceptors (Lipinski definition) is 5. The Labute approximate surface area is 103 Å². The van der Waals surface area contributed by atoms with Gasteiger partial charge in [-0.3, -0.25) is 0 Å². The van der Waals surface area contributed by atoms with E-state index in [0.717, 1.165) is 25.9 Å². The van der Waals surface area contributed by atoms with Crippen LogP contribution < -0.4 is 5.73 Å². The Kier molecular flexibility index (Phi) is 6.99. The lowest BCUT2D eigenvalue weighted by Gasteiger charge is -2.26. The van der Waals surface area contributed by atoms with Crippen molar-refractivity contribution in [3.8, 4) is 0 Å². The van der Waals surface area contributed by atoms with Gasteiger partial charge in [0.05, 0.1) is 19.8 Å². The van der Waals surface area contributed by atoms with E-state index in [0.29, 0.717) is 32.3 Å². The molecular formula is C12H25NO4. The molecule has 1 saturated carbocycles. The van der Waals surface area contributed by atoms with Crippen LogP contribution in [0.2, 0.25) is 0 Å². The molecule has 0 spiro atoms. The van der Waals surface area contributed by atoms with E-state index in [9.17, 15) is 5.11 Å². The Balaban J connectivity index is 1.92. The molecule has 0 aromatic rings. The van der Waals surface area contributed by atoms with Crippen molar-refractivity contribution in [2.45, 2.75) is 24.9 Å². The molecule has 1 unspecified atom stereocenters. The molecule has 0 radical (unpaired) electrons. The van der Waals surface area contributed by atoms with E-state index in [4.69, 9.17) is 19.9 Å². The summed E-state index contributed by atoms with van der Waals surface area (Å²) in [6, 6.07) is 0. The van der Waals surface area contributed by atoms with Gasteiger partial charge in [0.15, 0.2) is 0 Å². The molecule has 0 saturated heterocycles. The molecule has 1 rings (SSSR count). The highest BCUT2D eigenvalue weighted by Gasteiger charge is 2.42. The molecule has 0 amide bonds. The zero-order valence-electron chi connectivity index (χ0n) is 10.7. The summed E-state index contributed by atoms with van der Waals surface area (Å²) in [5.41, 5.74) is 4.75. The highest BCUT2D eigenvalue weighted by atomic mass is 16.5. The van der Waals surface area contributed by atoms with Crippen molar-refractivity contribution >= 4 is 0 Å². The van der Waals surface area contributed by atoms with E-state index in [1.807, 2.05) is 0 Å². The molecule has 102 valence electrons. The number of aliphatic hydroxyl groups is 1. The second-order valence-electron chi connectivity index (χ2n) is 4.59. The molecule has 5 nitrogen and oxygen atoms in total. The smallest absolute Gasteiger partial charge is 0.103 e. The van der Waals surface area contributed by atoms with E-state index in [-0.39, 0.29) is 6.54 Å². The van der Waals surface area contributed by atoms with Gasteiger partial charge >= 0.3 is 0 Å². The van der Waals surface area contributed by atoms with Gasteiger partial charge in [-0.1, -0.05) is 0 Å². The second kappa shape index (κ2) is 8.00. The predicted molar refractivity (Wildman–Crippen MR) is 64.9 cm³/mol. The quantitative estimate of drug-likeness (QED) is 0.509. The molecule has 0 aromatic heterocycles. The average Bonchev–Trinajstić information content (AvgIpc) is 3.16. The molecule has 17 heavy (non-hydrogen) atoms. The van der Waals surface area contributed by atoms with Crippen LogP contribution in [0.25, 0.3) is 0 Å². The molecule has 1 atom stereocenters. The first-order chi connectivity index (χ1) is 8.23. The Morgan fingerprint density at radius 3 is 2.47 bits per heavy atom. The number of rotatable bonds is 11. The normalized spacial score (nSPS) is 19.2. The Bertz CT molecular complexity index is 199. The van der Waals surface area contributed by atoms with Crippen molar-refractivity contribution < 1.29 is 19.3 Å². The van der Waals surface area contributed by atoms with Crippen LogP contribution in [0.5, 0.6) is 0 Å². The SMILES string of the molecule is COCCCOCCOCC(O)(CN)C1CC1. The zero-order chi connectivity index (χ0) is 12.6. The fourth-order valence-corrected chi connectivity index (χ4v) is 1.74. The van der Waals surface area contributed by atoms with Gasteiger partial charge in [-0.15, -0.1) is 0 Å². The number of ether oxygens (including phenoxy) is 3. The van der Waals surface area contributed by atoms with Crippen LogP contribution in [0.4, 0.5) is 0 Å². The van der Waals surface area contributed by atoms with Crippen LogP contribution in [-0.2, 0) is 14.2 Å². The van der Waals surface area contributed by atoms with E-state index in [1.165, 1.54) is 0 Å². The first kappa shape index (κ1) is 14.9. The van der Waals surface area contributed by atoms with Crippen molar-refractivity contribution in [3.63, 3.8) is 0 Å². The molecule has 0 bridgehead atoms. The topological polar surface area (TPSA) is 73.9 Å².